The monoisotopic (exact) mass is 235 g/mol. The number of rotatable bonds is 8. The van der Waals surface area contributed by atoms with Crippen LogP contribution in [-0.2, 0) is 6.54 Å². The third-order valence-corrected chi connectivity index (χ3v) is 3.07. The summed E-state index contributed by atoms with van der Waals surface area (Å²) in [7, 11) is 0. The number of aromatic nitrogens is 1. The topological polar surface area (TPSA) is 42.2 Å². The predicted octanol–water partition coefficient (Wildman–Crippen LogP) is 2.28. The summed E-state index contributed by atoms with van der Waals surface area (Å²) in [4.78, 5) is 6.53. The highest BCUT2D eigenvalue weighted by atomic mass is 15.1. The highest BCUT2D eigenvalue weighted by Gasteiger charge is 2.08. The van der Waals surface area contributed by atoms with E-state index in [0.717, 1.165) is 38.5 Å². The average molecular weight is 235 g/mol. The van der Waals surface area contributed by atoms with Gasteiger partial charge in [-0.1, -0.05) is 13.8 Å². The molecule has 0 aromatic carbocycles. The van der Waals surface area contributed by atoms with Gasteiger partial charge >= 0.3 is 0 Å². The second kappa shape index (κ2) is 8.20. The Labute approximate surface area is 105 Å². The number of nitrogens with two attached hydrogens (primary N) is 1. The van der Waals surface area contributed by atoms with Gasteiger partial charge in [0.2, 0.25) is 0 Å². The standard InChI is InChI=1S/C14H25N3/c1-3-17(11-13(2)5-4-8-15)12-14-6-9-16-10-7-14/h6-7,9-10,13H,3-5,8,11-12,15H2,1-2H3. The molecular weight excluding hydrogens is 210 g/mol. The van der Waals surface area contributed by atoms with Gasteiger partial charge in [0.05, 0.1) is 0 Å². The largest absolute Gasteiger partial charge is 0.330 e. The Bertz CT molecular complexity index is 287. The molecule has 0 aliphatic rings. The van der Waals surface area contributed by atoms with Crippen LogP contribution in [0.3, 0.4) is 0 Å². The molecule has 0 saturated heterocycles. The van der Waals surface area contributed by atoms with E-state index in [4.69, 9.17) is 5.73 Å². The minimum Gasteiger partial charge on any atom is -0.330 e. The zero-order valence-electron chi connectivity index (χ0n) is 11.1. The first kappa shape index (κ1) is 14.1. The van der Waals surface area contributed by atoms with Gasteiger partial charge in [0, 0.05) is 25.5 Å². The molecule has 17 heavy (non-hydrogen) atoms. The predicted molar refractivity (Wildman–Crippen MR) is 72.6 cm³/mol. The molecule has 0 aliphatic heterocycles. The van der Waals surface area contributed by atoms with Gasteiger partial charge in [0.25, 0.3) is 0 Å². The van der Waals surface area contributed by atoms with Crippen molar-refractivity contribution < 1.29 is 0 Å². The van der Waals surface area contributed by atoms with Crippen LogP contribution < -0.4 is 5.73 Å². The van der Waals surface area contributed by atoms with Crippen molar-refractivity contribution >= 4 is 0 Å². The van der Waals surface area contributed by atoms with E-state index in [1.807, 2.05) is 12.4 Å². The lowest BCUT2D eigenvalue weighted by molar-refractivity contribution is 0.234. The first-order valence-corrected chi connectivity index (χ1v) is 6.57. The summed E-state index contributed by atoms with van der Waals surface area (Å²) < 4.78 is 0. The van der Waals surface area contributed by atoms with Crippen molar-refractivity contribution in [1.29, 1.82) is 0 Å². The van der Waals surface area contributed by atoms with Gasteiger partial charge in [-0.2, -0.15) is 0 Å². The van der Waals surface area contributed by atoms with Crippen LogP contribution in [0, 0.1) is 5.92 Å². The quantitative estimate of drug-likeness (QED) is 0.751. The molecule has 3 heteroatoms. The van der Waals surface area contributed by atoms with Crippen LogP contribution in [0.2, 0.25) is 0 Å². The highest BCUT2D eigenvalue weighted by Crippen LogP contribution is 2.10. The number of hydrogen-bond donors (Lipinski definition) is 1. The van der Waals surface area contributed by atoms with Gasteiger partial charge in [-0.05, 0) is 49.5 Å². The molecule has 0 fully saturated rings. The summed E-state index contributed by atoms with van der Waals surface area (Å²) in [5.41, 5.74) is 6.88. The molecule has 96 valence electrons. The van der Waals surface area contributed by atoms with Crippen LogP contribution in [0.15, 0.2) is 24.5 Å². The second-order valence-corrected chi connectivity index (χ2v) is 4.72. The first-order chi connectivity index (χ1) is 8.26. The maximum Gasteiger partial charge on any atom is 0.0271 e. The van der Waals surface area contributed by atoms with E-state index in [0.29, 0.717) is 0 Å². The molecular formula is C14H25N3. The Morgan fingerprint density at radius 2 is 2.06 bits per heavy atom. The number of pyridine rings is 1. The minimum absolute atomic E-state index is 0.723. The Balaban J connectivity index is 2.38. The fourth-order valence-electron chi connectivity index (χ4n) is 2.05. The first-order valence-electron chi connectivity index (χ1n) is 6.57. The molecule has 0 saturated carbocycles. The minimum atomic E-state index is 0.723. The Morgan fingerprint density at radius 1 is 1.35 bits per heavy atom. The van der Waals surface area contributed by atoms with E-state index < -0.39 is 0 Å². The number of nitrogens with zero attached hydrogens (tertiary/aromatic N) is 2. The molecule has 0 radical (unpaired) electrons. The summed E-state index contributed by atoms with van der Waals surface area (Å²) >= 11 is 0. The lowest BCUT2D eigenvalue weighted by atomic mass is 10.0. The van der Waals surface area contributed by atoms with Crippen molar-refractivity contribution in [3.8, 4) is 0 Å². The lowest BCUT2D eigenvalue weighted by Gasteiger charge is -2.24. The van der Waals surface area contributed by atoms with Crippen LogP contribution in [0.4, 0.5) is 0 Å². The van der Waals surface area contributed by atoms with E-state index in [9.17, 15) is 0 Å². The van der Waals surface area contributed by atoms with Gasteiger partial charge in [-0.15, -0.1) is 0 Å². The average Bonchev–Trinajstić information content (AvgIpc) is 2.36. The van der Waals surface area contributed by atoms with Gasteiger partial charge < -0.3 is 5.73 Å². The third-order valence-electron chi connectivity index (χ3n) is 3.07. The van der Waals surface area contributed by atoms with E-state index in [2.05, 4.69) is 35.9 Å². The molecule has 1 heterocycles. The number of hydrogen-bond acceptors (Lipinski definition) is 3. The molecule has 1 aromatic rings. The van der Waals surface area contributed by atoms with Crippen molar-refractivity contribution in [2.24, 2.45) is 11.7 Å². The third kappa shape index (κ3) is 5.80. The fourth-order valence-corrected chi connectivity index (χ4v) is 2.05. The van der Waals surface area contributed by atoms with Crippen LogP contribution in [0.25, 0.3) is 0 Å². The van der Waals surface area contributed by atoms with Gasteiger partial charge in [-0.25, -0.2) is 0 Å². The van der Waals surface area contributed by atoms with E-state index in [1.165, 1.54) is 12.0 Å². The fraction of sp³-hybridized carbons (Fsp3) is 0.643. The molecule has 1 rings (SSSR count). The molecule has 0 bridgehead atoms. The van der Waals surface area contributed by atoms with Crippen LogP contribution >= 0.6 is 0 Å². The van der Waals surface area contributed by atoms with Crippen LogP contribution in [-0.4, -0.2) is 29.5 Å². The molecule has 3 nitrogen and oxygen atoms in total. The van der Waals surface area contributed by atoms with E-state index >= 15 is 0 Å². The zero-order valence-corrected chi connectivity index (χ0v) is 11.1. The molecule has 1 unspecified atom stereocenters. The Morgan fingerprint density at radius 3 is 2.65 bits per heavy atom. The van der Waals surface area contributed by atoms with Crippen LogP contribution in [0.5, 0.6) is 0 Å². The molecule has 0 amide bonds. The maximum atomic E-state index is 5.54. The van der Waals surface area contributed by atoms with E-state index in [-0.39, 0.29) is 0 Å². The SMILES string of the molecule is CCN(Cc1ccncc1)CC(C)CCCN. The van der Waals surface area contributed by atoms with Crippen molar-refractivity contribution in [3.05, 3.63) is 30.1 Å². The lowest BCUT2D eigenvalue weighted by Crippen LogP contribution is -2.28. The second-order valence-electron chi connectivity index (χ2n) is 4.72. The summed E-state index contributed by atoms with van der Waals surface area (Å²) in [6.45, 7) is 8.60. The van der Waals surface area contributed by atoms with Crippen molar-refractivity contribution in [3.63, 3.8) is 0 Å². The van der Waals surface area contributed by atoms with Gasteiger partial charge in [-0.3, -0.25) is 9.88 Å². The summed E-state index contributed by atoms with van der Waals surface area (Å²) in [5.74, 6) is 0.723. The van der Waals surface area contributed by atoms with Gasteiger partial charge in [0.1, 0.15) is 0 Å². The summed E-state index contributed by atoms with van der Waals surface area (Å²) in [6.07, 6.45) is 6.08. The van der Waals surface area contributed by atoms with Crippen molar-refractivity contribution in [1.82, 2.24) is 9.88 Å². The molecule has 2 N–H and O–H groups in total. The molecule has 1 aromatic heterocycles. The smallest absolute Gasteiger partial charge is 0.0271 e. The Kier molecular flexibility index (Phi) is 6.82. The van der Waals surface area contributed by atoms with E-state index in [1.54, 1.807) is 0 Å². The normalized spacial score (nSPS) is 12.9. The molecule has 0 aliphatic carbocycles. The summed E-state index contributed by atoms with van der Waals surface area (Å²) in [6, 6.07) is 4.18. The van der Waals surface area contributed by atoms with Crippen molar-refractivity contribution in [2.45, 2.75) is 33.2 Å². The maximum absolute atomic E-state index is 5.54. The molecule has 1 atom stereocenters. The zero-order chi connectivity index (χ0) is 12.5. The van der Waals surface area contributed by atoms with Crippen LogP contribution in [0.1, 0.15) is 32.3 Å². The summed E-state index contributed by atoms with van der Waals surface area (Å²) in [5, 5.41) is 0. The van der Waals surface area contributed by atoms with Gasteiger partial charge in [0.15, 0.2) is 0 Å². The molecule has 0 spiro atoms. The highest BCUT2D eigenvalue weighted by molar-refractivity contribution is 5.09. The Hall–Kier alpha value is -0.930. The van der Waals surface area contributed by atoms with Crippen molar-refractivity contribution in [2.75, 3.05) is 19.6 Å².